The van der Waals surface area contributed by atoms with Crippen LogP contribution in [0.15, 0.2) is 0 Å². The predicted molar refractivity (Wildman–Crippen MR) is 71.2 cm³/mol. The van der Waals surface area contributed by atoms with E-state index >= 15 is 0 Å². The van der Waals surface area contributed by atoms with Crippen molar-refractivity contribution in [1.82, 2.24) is 9.21 Å². The van der Waals surface area contributed by atoms with Crippen LogP contribution in [-0.2, 0) is 19.6 Å². The van der Waals surface area contributed by atoms with Crippen molar-refractivity contribution in [3.8, 4) is 0 Å². The second-order valence-corrected chi connectivity index (χ2v) is 7.29. The summed E-state index contributed by atoms with van der Waals surface area (Å²) in [6.45, 7) is 4.93. The average Bonchev–Trinajstić information content (AvgIpc) is 2.47. The molecule has 2 fully saturated rings. The smallest absolute Gasteiger partial charge is 0.227 e. The van der Waals surface area contributed by atoms with Gasteiger partial charge in [-0.2, -0.15) is 0 Å². The molecule has 0 aromatic carbocycles. The third-order valence-electron chi connectivity index (χ3n) is 3.81. The number of hydrogen-bond acceptors (Lipinski definition) is 4. The van der Waals surface area contributed by atoms with Gasteiger partial charge in [0, 0.05) is 26.2 Å². The van der Waals surface area contributed by atoms with E-state index in [0.29, 0.717) is 39.4 Å². The first-order valence-electron chi connectivity index (χ1n) is 6.89. The van der Waals surface area contributed by atoms with E-state index in [-0.39, 0.29) is 17.6 Å². The van der Waals surface area contributed by atoms with Gasteiger partial charge in [0.15, 0.2) is 0 Å². The topological polar surface area (TPSA) is 66.9 Å². The Balaban J connectivity index is 1.98. The van der Waals surface area contributed by atoms with E-state index in [9.17, 15) is 13.2 Å². The maximum absolute atomic E-state index is 12.4. The fraction of sp³-hybridized carbons (Fsp3) is 0.917. The molecule has 19 heavy (non-hydrogen) atoms. The SMILES string of the molecule is CCS(=O)(=O)N1CCCC(C(=O)N2CCOCC2)C1. The molecule has 7 heteroatoms. The molecule has 1 atom stereocenters. The Morgan fingerprint density at radius 1 is 1.26 bits per heavy atom. The second-order valence-electron chi connectivity index (χ2n) is 5.04. The van der Waals surface area contributed by atoms with Crippen molar-refractivity contribution in [1.29, 1.82) is 0 Å². The Morgan fingerprint density at radius 2 is 1.95 bits per heavy atom. The van der Waals surface area contributed by atoms with E-state index in [1.165, 1.54) is 4.31 Å². The minimum Gasteiger partial charge on any atom is -0.378 e. The molecule has 2 aliphatic heterocycles. The Hall–Kier alpha value is -0.660. The number of sulfonamides is 1. The van der Waals surface area contributed by atoms with Gasteiger partial charge < -0.3 is 9.64 Å². The lowest BCUT2D eigenvalue weighted by molar-refractivity contribution is -0.140. The molecule has 0 radical (unpaired) electrons. The van der Waals surface area contributed by atoms with Crippen molar-refractivity contribution in [2.24, 2.45) is 5.92 Å². The van der Waals surface area contributed by atoms with Crippen LogP contribution in [0, 0.1) is 5.92 Å². The van der Waals surface area contributed by atoms with Crippen molar-refractivity contribution < 1.29 is 17.9 Å². The molecule has 2 rings (SSSR count). The molecule has 1 amide bonds. The molecule has 6 nitrogen and oxygen atoms in total. The molecule has 0 N–H and O–H groups in total. The summed E-state index contributed by atoms with van der Waals surface area (Å²) in [6.07, 6.45) is 1.55. The summed E-state index contributed by atoms with van der Waals surface area (Å²) in [7, 11) is -3.18. The highest BCUT2D eigenvalue weighted by Gasteiger charge is 2.33. The van der Waals surface area contributed by atoms with E-state index < -0.39 is 10.0 Å². The largest absolute Gasteiger partial charge is 0.378 e. The van der Waals surface area contributed by atoms with Crippen LogP contribution in [0.5, 0.6) is 0 Å². The minimum absolute atomic E-state index is 0.0827. The Morgan fingerprint density at radius 3 is 2.58 bits per heavy atom. The lowest BCUT2D eigenvalue weighted by Crippen LogP contribution is -2.49. The molecule has 110 valence electrons. The van der Waals surface area contributed by atoms with Gasteiger partial charge in [-0.05, 0) is 19.8 Å². The summed E-state index contributed by atoms with van der Waals surface area (Å²) in [5.74, 6) is -0.00154. The van der Waals surface area contributed by atoms with Crippen LogP contribution >= 0.6 is 0 Å². The van der Waals surface area contributed by atoms with Crippen molar-refractivity contribution in [2.45, 2.75) is 19.8 Å². The molecule has 0 bridgehead atoms. The maximum Gasteiger partial charge on any atom is 0.227 e. The van der Waals surface area contributed by atoms with E-state index in [4.69, 9.17) is 4.74 Å². The van der Waals surface area contributed by atoms with Crippen LogP contribution in [0.4, 0.5) is 0 Å². The summed E-state index contributed by atoms with van der Waals surface area (Å²) in [5, 5.41) is 0. The molecule has 0 spiro atoms. The number of piperidine rings is 1. The van der Waals surface area contributed by atoms with Gasteiger partial charge in [0.05, 0.1) is 24.9 Å². The number of carbonyl (C=O) groups excluding carboxylic acids is 1. The van der Waals surface area contributed by atoms with Crippen LogP contribution in [0.25, 0.3) is 0 Å². The molecular formula is C12H22N2O4S. The molecular weight excluding hydrogens is 268 g/mol. The van der Waals surface area contributed by atoms with Gasteiger partial charge in [0.25, 0.3) is 0 Å². The number of hydrogen-bond donors (Lipinski definition) is 0. The standard InChI is InChI=1S/C12H22N2O4S/c1-2-19(16,17)14-5-3-4-11(10-14)12(15)13-6-8-18-9-7-13/h11H,2-10H2,1H3. The van der Waals surface area contributed by atoms with Gasteiger partial charge in [0.2, 0.25) is 15.9 Å². The third kappa shape index (κ3) is 3.46. The molecule has 2 aliphatic rings. The molecule has 0 aromatic rings. The zero-order valence-electron chi connectivity index (χ0n) is 11.4. The lowest BCUT2D eigenvalue weighted by atomic mass is 9.98. The van der Waals surface area contributed by atoms with E-state index in [0.717, 1.165) is 12.8 Å². The van der Waals surface area contributed by atoms with Gasteiger partial charge in [-0.25, -0.2) is 12.7 Å². The van der Waals surface area contributed by atoms with Gasteiger partial charge in [-0.15, -0.1) is 0 Å². The van der Waals surface area contributed by atoms with Gasteiger partial charge in [-0.3, -0.25) is 4.79 Å². The summed E-state index contributed by atoms with van der Waals surface area (Å²) in [6, 6.07) is 0. The van der Waals surface area contributed by atoms with Crippen molar-refractivity contribution in [2.75, 3.05) is 45.1 Å². The average molecular weight is 290 g/mol. The zero-order chi connectivity index (χ0) is 13.9. The Bertz CT molecular complexity index is 417. The number of rotatable bonds is 3. The van der Waals surface area contributed by atoms with E-state index in [2.05, 4.69) is 0 Å². The Labute approximate surface area is 114 Å². The first-order chi connectivity index (χ1) is 9.04. The number of carbonyl (C=O) groups is 1. The van der Waals surface area contributed by atoms with E-state index in [1.54, 1.807) is 11.8 Å². The minimum atomic E-state index is -3.18. The molecule has 0 aliphatic carbocycles. The van der Waals surface area contributed by atoms with Crippen LogP contribution < -0.4 is 0 Å². The zero-order valence-corrected chi connectivity index (χ0v) is 12.2. The van der Waals surface area contributed by atoms with Gasteiger partial charge >= 0.3 is 0 Å². The van der Waals surface area contributed by atoms with Crippen LogP contribution in [-0.4, -0.2) is 68.7 Å². The Kier molecular flexibility index (Phi) is 4.81. The quantitative estimate of drug-likeness (QED) is 0.728. The summed E-state index contributed by atoms with van der Waals surface area (Å²) in [5.41, 5.74) is 0. The van der Waals surface area contributed by atoms with Crippen LogP contribution in [0.2, 0.25) is 0 Å². The molecule has 1 unspecified atom stereocenters. The molecule has 2 saturated heterocycles. The first kappa shape index (κ1) is 14.7. The fourth-order valence-corrected chi connectivity index (χ4v) is 3.80. The summed E-state index contributed by atoms with van der Waals surface area (Å²) >= 11 is 0. The number of ether oxygens (including phenoxy) is 1. The third-order valence-corrected chi connectivity index (χ3v) is 5.66. The first-order valence-corrected chi connectivity index (χ1v) is 8.50. The van der Waals surface area contributed by atoms with Crippen molar-refractivity contribution in [3.05, 3.63) is 0 Å². The number of morpholine rings is 1. The summed E-state index contributed by atoms with van der Waals surface area (Å²) in [4.78, 5) is 14.2. The fourth-order valence-electron chi connectivity index (χ4n) is 2.62. The van der Waals surface area contributed by atoms with Gasteiger partial charge in [-0.1, -0.05) is 0 Å². The highest BCUT2D eigenvalue weighted by molar-refractivity contribution is 7.89. The number of nitrogens with zero attached hydrogens (tertiary/aromatic N) is 2. The van der Waals surface area contributed by atoms with E-state index in [1.807, 2.05) is 0 Å². The second kappa shape index (κ2) is 6.19. The number of amides is 1. The lowest BCUT2D eigenvalue weighted by Gasteiger charge is -2.35. The highest BCUT2D eigenvalue weighted by Crippen LogP contribution is 2.21. The molecule has 2 heterocycles. The van der Waals surface area contributed by atoms with Crippen molar-refractivity contribution >= 4 is 15.9 Å². The molecule has 0 saturated carbocycles. The predicted octanol–water partition coefficient (Wildman–Crippen LogP) is -0.0931. The summed E-state index contributed by atoms with van der Waals surface area (Å²) < 4.78 is 30.5. The molecule has 0 aromatic heterocycles. The van der Waals surface area contributed by atoms with Crippen molar-refractivity contribution in [3.63, 3.8) is 0 Å². The monoisotopic (exact) mass is 290 g/mol. The highest BCUT2D eigenvalue weighted by atomic mass is 32.2. The maximum atomic E-state index is 12.4. The normalized spacial score (nSPS) is 26.4. The van der Waals surface area contributed by atoms with Crippen LogP contribution in [0.1, 0.15) is 19.8 Å². The van der Waals surface area contributed by atoms with Crippen LogP contribution in [0.3, 0.4) is 0 Å². The van der Waals surface area contributed by atoms with Gasteiger partial charge in [0.1, 0.15) is 0 Å².